The first-order valence-corrected chi connectivity index (χ1v) is 7.03. The third kappa shape index (κ3) is 3.84. The normalized spacial score (nSPS) is 12.6. The van der Waals surface area contributed by atoms with Crippen LogP contribution in [-0.2, 0) is 12.8 Å². The summed E-state index contributed by atoms with van der Waals surface area (Å²) in [6.07, 6.45) is 2.07. The molecule has 1 atom stereocenters. The first-order valence-electron chi connectivity index (χ1n) is 5.70. The van der Waals surface area contributed by atoms with Gasteiger partial charge in [0, 0.05) is 11.1 Å². The minimum absolute atomic E-state index is 0.461. The topological polar surface area (TPSA) is 12.0 Å². The Hall–Kier alpha value is -0.830. The largest absolute Gasteiger partial charge is 0.316 e. The van der Waals surface area contributed by atoms with E-state index in [0.717, 1.165) is 17.9 Å². The number of likely N-dealkylation sites (N-methyl/N-ethyl adjacent to an activating group) is 1. The molecule has 1 nitrogen and oxygen atoms in total. The number of rotatable bonds is 5. The molecular formula is C14H16ClNS. The summed E-state index contributed by atoms with van der Waals surface area (Å²) in [5.74, 6) is 0. The molecule has 0 aliphatic rings. The molecule has 1 heterocycles. The highest BCUT2D eigenvalue weighted by atomic mass is 35.5. The average Bonchev–Trinajstić information content (AvgIpc) is 2.81. The van der Waals surface area contributed by atoms with Gasteiger partial charge in [0.25, 0.3) is 0 Å². The van der Waals surface area contributed by atoms with Crippen LogP contribution in [0.4, 0.5) is 0 Å². The van der Waals surface area contributed by atoms with Crippen molar-refractivity contribution >= 4 is 22.9 Å². The van der Waals surface area contributed by atoms with Crippen LogP contribution in [0.2, 0.25) is 5.02 Å². The summed E-state index contributed by atoms with van der Waals surface area (Å²) < 4.78 is 0. The van der Waals surface area contributed by atoms with Gasteiger partial charge in [-0.15, -0.1) is 0 Å². The second kappa shape index (κ2) is 6.20. The molecule has 90 valence electrons. The summed E-state index contributed by atoms with van der Waals surface area (Å²) in [4.78, 5) is 0. The van der Waals surface area contributed by atoms with E-state index >= 15 is 0 Å². The molecule has 1 aromatic carbocycles. The number of hydrogen-bond acceptors (Lipinski definition) is 2. The van der Waals surface area contributed by atoms with Crippen molar-refractivity contribution < 1.29 is 0 Å². The number of nitrogens with one attached hydrogen (secondary N) is 1. The van der Waals surface area contributed by atoms with E-state index in [1.54, 1.807) is 11.3 Å². The monoisotopic (exact) mass is 265 g/mol. The molecule has 0 radical (unpaired) electrons. The Balaban J connectivity index is 2.00. The molecule has 0 aliphatic heterocycles. The van der Waals surface area contributed by atoms with Gasteiger partial charge in [-0.05, 0) is 60.0 Å². The molecule has 17 heavy (non-hydrogen) atoms. The van der Waals surface area contributed by atoms with E-state index in [0.29, 0.717) is 6.04 Å². The van der Waals surface area contributed by atoms with E-state index in [1.165, 1.54) is 11.1 Å². The van der Waals surface area contributed by atoms with Gasteiger partial charge < -0.3 is 5.32 Å². The second-order valence-corrected chi connectivity index (χ2v) is 5.37. The lowest BCUT2D eigenvalue weighted by Gasteiger charge is -2.15. The van der Waals surface area contributed by atoms with E-state index in [-0.39, 0.29) is 0 Å². The molecule has 2 aromatic rings. The maximum atomic E-state index is 6.00. The van der Waals surface area contributed by atoms with Gasteiger partial charge in [0.1, 0.15) is 0 Å². The van der Waals surface area contributed by atoms with Gasteiger partial charge in [-0.25, -0.2) is 0 Å². The molecule has 1 N–H and O–H groups in total. The Kier molecular flexibility index (Phi) is 4.60. The van der Waals surface area contributed by atoms with E-state index in [4.69, 9.17) is 11.6 Å². The summed E-state index contributed by atoms with van der Waals surface area (Å²) in [5.41, 5.74) is 2.68. The molecule has 3 heteroatoms. The van der Waals surface area contributed by atoms with E-state index in [1.807, 2.05) is 25.2 Å². The highest BCUT2D eigenvalue weighted by Crippen LogP contribution is 2.15. The number of benzene rings is 1. The number of halogens is 1. The molecule has 0 spiro atoms. The molecule has 0 aliphatic carbocycles. The lowest BCUT2D eigenvalue weighted by atomic mass is 10.0. The van der Waals surface area contributed by atoms with Crippen molar-refractivity contribution in [1.29, 1.82) is 0 Å². The van der Waals surface area contributed by atoms with Gasteiger partial charge in [0.05, 0.1) is 0 Å². The zero-order valence-electron chi connectivity index (χ0n) is 9.82. The molecule has 0 bridgehead atoms. The van der Waals surface area contributed by atoms with Gasteiger partial charge >= 0.3 is 0 Å². The summed E-state index contributed by atoms with van der Waals surface area (Å²) in [6.45, 7) is 0. The standard InChI is InChI=1S/C14H16ClNS/c1-16-14(9-12-5-6-17-10-12)8-11-3-2-4-13(15)7-11/h2-7,10,14,16H,8-9H2,1H3. The summed E-state index contributed by atoms with van der Waals surface area (Å²) in [7, 11) is 2.02. The Morgan fingerprint density at radius 2 is 2.06 bits per heavy atom. The minimum Gasteiger partial charge on any atom is -0.316 e. The summed E-state index contributed by atoms with van der Waals surface area (Å²) in [5, 5.41) is 8.52. The van der Waals surface area contributed by atoms with Gasteiger partial charge in [-0.1, -0.05) is 23.7 Å². The lowest BCUT2D eigenvalue weighted by Crippen LogP contribution is -2.29. The zero-order valence-corrected chi connectivity index (χ0v) is 11.4. The molecule has 0 fully saturated rings. The van der Waals surface area contributed by atoms with E-state index in [9.17, 15) is 0 Å². The third-order valence-corrected chi connectivity index (χ3v) is 3.81. The second-order valence-electron chi connectivity index (χ2n) is 4.16. The molecular weight excluding hydrogens is 250 g/mol. The van der Waals surface area contributed by atoms with Crippen molar-refractivity contribution in [3.63, 3.8) is 0 Å². The van der Waals surface area contributed by atoms with Gasteiger partial charge in [0.2, 0.25) is 0 Å². The van der Waals surface area contributed by atoms with Crippen molar-refractivity contribution in [2.24, 2.45) is 0 Å². The zero-order chi connectivity index (χ0) is 12.1. The van der Waals surface area contributed by atoms with Crippen molar-refractivity contribution in [1.82, 2.24) is 5.32 Å². The Labute approximate surface area is 111 Å². The Bertz CT molecular complexity index is 453. The predicted molar refractivity (Wildman–Crippen MR) is 76.0 cm³/mol. The first-order chi connectivity index (χ1) is 8.28. The van der Waals surface area contributed by atoms with Crippen LogP contribution in [0.1, 0.15) is 11.1 Å². The summed E-state index contributed by atoms with van der Waals surface area (Å²) in [6, 6.07) is 10.7. The van der Waals surface area contributed by atoms with Gasteiger partial charge in [0.15, 0.2) is 0 Å². The maximum Gasteiger partial charge on any atom is 0.0408 e. The minimum atomic E-state index is 0.461. The van der Waals surface area contributed by atoms with Crippen molar-refractivity contribution in [2.75, 3.05) is 7.05 Å². The van der Waals surface area contributed by atoms with Crippen LogP contribution in [-0.4, -0.2) is 13.1 Å². The number of hydrogen-bond donors (Lipinski definition) is 1. The van der Waals surface area contributed by atoms with Crippen LogP contribution in [0.25, 0.3) is 0 Å². The van der Waals surface area contributed by atoms with Crippen LogP contribution < -0.4 is 5.32 Å². The Morgan fingerprint density at radius 3 is 2.71 bits per heavy atom. The quantitative estimate of drug-likeness (QED) is 0.868. The molecule has 1 aromatic heterocycles. The van der Waals surface area contributed by atoms with E-state index < -0.39 is 0 Å². The molecule has 2 rings (SSSR count). The number of thiophene rings is 1. The van der Waals surface area contributed by atoms with Crippen molar-refractivity contribution in [3.05, 3.63) is 57.2 Å². The highest BCUT2D eigenvalue weighted by Gasteiger charge is 2.08. The van der Waals surface area contributed by atoms with Crippen LogP contribution in [0, 0.1) is 0 Å². The molecule has 1 unspecified atom stereocenters. The average molecular weight is 266 g/mol. The molecule has 0 saturated carbocycles. The fraction of sp³-hybridized carbons (Fsp3) is 0.286. The Morgan fingerprint density at radius 1 is 1.24 bits per heavy atom. The van der Waals surface area contributed by atoms with Gasteiger partial charge in [-0.2, -0.15) is 11.3 Å². The van der Waals surface area contributed by atoms with Crippen molar-refractivity contribution in [2.45, 2.75) is 18.9 Å². The molecule has 0 amide bonds. The highest BCUT2D eigenvalue weighted by molar-refractivity contribution is 7.07. The van der Waals surface area contributed by atoms with Crippen molar-refractivity contribution in [3.8, 4) is 0 Å². The van der Waals surface area contributed by atoms with Crippen LogP contribution in [0.3, 0.4) is 0 Å². The predicted octanol–water partition coefficient (Wildman–Crippen LogP) is 3.77. The summed E-state index contributed by atoms with van der Waals surface area (Å²) >= 11 is 7.75. The van der Waals surface area contributed by atoms with Gasteiger partial charge in [-0.3, -0.25) is 0 Å². The fourth-order valence-corrected chi connectivity index (χ4v) is 2.81. The maximum absolute atomic E-state index is 6.00. The van der Waals surface area contributed by atoms with Crippen LogP contribution in [0.5, 0.6) is 0 Å². The first kappa shape index (κ1) is 12.6. The molecule has 0 saturated heterocycles. The lowest BCUT2D eigenvalue weighted by molar-refractivity contribution is 0.557. The van der Waals surface area contributed by atoms with Crippen LogP contribution >= 0.6 is 22.9 Å². The van der Waals surface area contributed by atoms with E-state index in [2.05, 4.69) is 28.2 Å². The smallest absolute Gasteiger partial charge is 0.0408 e. The third-order valence-electron chi connectivity index (χ3n) is 2.84. The van der Waals surface area contributed by atoms with Crippen LogP contribution in [0.15, 0.2) is 41.1 Å². The SMILES string of the molecule is CNC(Cc1ccsc1)Cc1cccc(Cl)c1. The fourth-order valence-electron chi connectivity index (χ4n) is 1.92.